The van der Waals surface area contributed by atoms with Crippen LogP contribution < -0.4 is 0 Å². The van der Waals surface area contributed by atoms with Crippen LogP contribution in [0, 0.1) is 11.3 Å². The molecule has 1 rings (SSSR count). The molecule has 1 aliphatic rings. The van der Waals surface area contributed by atoms with Crippen molar-refractivity contribution in [1.82, 2.24) is 0 Å². The van der Waals surface area contributed by atoms with Gasteiger partial charge in [0.1, 0.15) is 0 Å². The second-order valence-electron chi connectivity index (χ2n) is 5.57. The fraction of sp³-hybridized carbons (Fsp3) is 0.588. The standard InChI is InChI=1S/C17H26O2/c1-7-9-13(4)15-14(5)10-12(3)11-17(15,6)16(18)19-8-2/h9-11,15H,7-8H2,1-6H3/b13-9+/t15-,17-/m0/s1. The summed E-state index contributed by atoms with van der Waals surface area (Å²) in [6.07, 6.45) is 7.40. The molecule has 0 amide bonds. The summed E-state index contributed by atoms with van der Waals surface area (Å²) in [6, 6.07) is 0. The van der Waals surface area contributed by atoms with Crippen molar-refractivity contribution in [2.24, 2.45) is 11.3 Å². The molecule has 1 aliphatic carbocycles. The maximum atomic E-state index is 12.4. The first kappa shape index (κ1) is 15.7. The van der Waals surface area contributed by atoms with Crippen LogP contribution in [0.1, 0.15) is 48.0 Å². The number of carbonyl (C=O) groups is 1. The Labute approximate surface area is 117 Å². The molecule has 106 valence electrons. The van der Waals surface area contributed by atoms with Gasteiger partial charge in [-0.05, 0) is 41.0 Å². The molecule has 0 aromatic heterocycles. The monoisotopic (exact) mass is 262 g/mol. The smallest absolute Gasteiger partial charge is 0.316 e. The summed E-state index contributed by atoms with van der Waals surface area (Å²) >= 11 is 0. The zero-order valence-corrected chi connectivity index (χ0v) is 13.0. The molecular weight excluding hydrogens is 236 g/mol. The maximum Gasteiger partial charge on any atom is 0.316 e. The highest BCUT2D eigenvalue weighted by molar-refractivity contribution is 5.81. The molecule has 0 saturated carbocycles. The van der Waals surface area contributed by atoms with Crippen LogP contribution in [0.3, 0.4) is 0 Å². The third-order valence-electron chi connectivity index (χ3n) is 3.73. The average molecular weight is 262 g/mol. The molecule has 0 aromatic carbocycles. The fourth-order valence-electron chi connectivity index (χ4n) is 3.25. The third-order valence-corrected chi connectivity index (χ3v) is 3.73. The minimum Gasteiger partial charge on any atom is -0.465 e. The van der Waals surface area contributed by atoms with Crippen molar-refractivity contribution in [1.29, 1.82) is 0 Å². The van der Waals surface area contributed by atoms with Crippen LogP contribution >= 0.6 is 0 Å². The molecule has 0 bridgehead atoms. The fourth-order valence-corrected chi connectivity index (χ4v) is 3.25. The van der Waals surface area contributed by atoms with Crippen molar-refractivity contribution in [2.75, 3.05) is 6.61 Å². The van der Waals surface area contributed by atoms with Crippen molar-refractivity contribution in [2.45, 2.75) is 48.0 Å². The summed E-state index contributed by atoms with van der Waals surface area (Å²) < 4.78 is 5.30. The van der Waals surface area contributed by atoms with E-state index in [9.17, 15) is 4.79 Å². The highest BCUT2D eigenvalue weighted by atomic mass is 16.5. The van der Waals surface area contributed by atoms with Crippen LogP contribution in [0.5, 0.6) is 0 Å². The number of ether oxygens (including phenoxy) is 1. The summed E-state index contributed by atoms with van der Waals surface area (Å²) in [4.78, 5) is 12.4. The largest absolute Gasteiger partial charge is 0.465 e. The van der Waals surface area contributed by atoms with Gasteiger partial charge in [0.2, 0.25) is 0 Å². The Hall–Kier alpha value is -1.31. The Balaban J connectivity index is 3.27. The maximum absolute atomic E-state index is 12.4. The number of esters is 1. The first-order chi connectivity index (χ1) is 8.86. The Bertz CT molecular complexity index is 440. The van der Waals surface area contributed by atoms with E-state index in [1.54, 1.807) is 0 Å². The summed E-state index contributed by atoms with van der Waals surface area (Å²) in [5.74, 6) is -0.0224. The van der Waals surface area contributed by atoms with E-state index < -0.39 is 5.41 Å². The lowest BCUT2D eigenvalue weighted by Gasteiger charge is -2.37. The van der Waals surface area contributed by atoms with E-state index >= 15 is 0 Å². The van der Waals surface area contributed by atoms with Gasteiger partial charge in [-0.15, -0.1) is 0 Å². The molecule has 2 atom stereocenters. The van der Waals surface area contributed by atoms with Gasteiger partial charge >= 0.3 is 5.97 Å². The van der Waals surface area contributed by atoms with Crippen LogP contribution in [0.15, 0.2) is 34.9 Å². The van der Waals surface area contributed by atoms with Gasteiger partial charge in [0, 0.05) is 5.92 Å². The molecule has 0 fully saturated rings. The number of carbonyl (C=O) groups excluding carboxylic acids is 1. The summed E-state index contributed by atoms with van der Waals surface area (Å²) in [7, 11) is 0. The lowest BCUT2D eigenvalue weighted by molar-refractivity contribution is -0.153. The zero-order valence-electron chi connectivity index (χ0n) is 13.0. The van der Waals surface area contributed by atoms with Crippen LogP contribution in [0.25, 0.3) is 0 Å². The second kappa shape index (κ2) is 6.23. The Morgan fingerprint density at radius 2 is 2.05 bits per heavy atom. The minimum atomic E-state index is -0.589. The van der Waals surface area contributed by atoms with Crippen LogP contribution in [-0.4, -0.2) is 12.6 Å². The van der Waals surface area contributed by atoms with E-state index in [-0.39, 0.29) is 11.9 Å². The lowest BCUT2D eigenvalue weighted by Crippen LogP contribution is -2.39. The highest BCUT2D eigenvalue weighted by Crippen LogP contribution is 2.44. The average Bonchev–Trinajstić information content (AvgIpc) is 2.28. The Morgan fingerprint density at radius 1 is 1.42 bits per heavy atom. The summed E-state index contributed by atoms with van der Waals surface area (Å²) in [6.45, 7) is 12.6. The minimum absolute atomic E-state index is 0.107. The molecule has 2 heteroatoms. The molecule has 2 nitrogen and oxygen atoms in total. The van der Waals surface area contributed by atoms with Crippen molar-refractivity contribution >= 4 is 5.97 Å². The lowest BCUT2D eigenvalue weighted by atomic mass is 9.66. The Morgan fingerprint density at radius 3 is 2.58 bits per heavy atom. The molecule has 0 saturated heterocycles. The topological polar surface area (TPSA) is 26.3 Å². The SMILES string of the molecule is CC/C=C(\C)[C@H]1C(C)=CC(C)=C[C@]1(C)C(=O)OCC. The first-order valence-corrected chi connectivity index (χ1v) is 7.08. The molecule has 0 radical (unpaired) electrons. The van der Waals surface area contributed by atoms with Crippen LogP contribution in [0.4, 0.5) is 0 Å². The van der Waals surface area contributed by atoms with E-state index in [4.69, 9.17) is 4.74 Å². The van der Waals surface area contributed by atoms with Gasteiger partial charge in [-0.2, -0.15) is 0 Å². The van der Waals surface area contributed by atoms with E-state index in [1.165, 1.54) is 11.1 Å². The molecule has 0 unspecified atom stereocenters. The normalized spacial score (nSPS) is 27.7. The quantitative estimate of drug-likeness (QED) is 0.553. The molecule has 0 N–H and O–H groups in total. The number of rotatable bonds is 4. The number of allylic oxidation sites excluding steroid dienone is 5. The van der Waals surface area contributed by atoms with Crippen LogP contribution in [0.2, 0.25) is 0 Å². The summed E-state index contributed by atoms with van der Waals surface area (Å²) in [5.41, 5.74) is 3.02. The molecule has 0 aliphatic heterocycles. The van der Waals surface area contributed by atoms with E-state index in [1.807, 2.05) is 20.8 Å². The predicted octanol–water partition coefficient (Wildman–Crippen LogP) is 4.43. The third kappa shape index (κ3) is 3.17. The van der Waals surface area contributed by atoms with Gasteiger partial charge in [0.25, 0.3) is 0 Å². The summed E-state index contributed by atoms with van der Waals surface area (Å²) in [5, 5.41) is 0. The van der Waals surface area contributed by atoms with Crippen molar-refractivity contribution in [3.05, 3.63) is 34.9 Å². The molecule has 19 heavy (non-hydrogen) atoms. The number of hydrogen-bond donors (Lipinski definition) is 0. The molecular formula is C17H26O2. The van der Waals surface area contributed by atoms with Gasteiger partial charge in [-0.25, -0.2) is 0 Å². The van der Waals surface area contributed by atoms with Gasteiger partial charge in [-0.1, -0.05) is 41.9 Å². The molecule has 0 spiro atoms. The number of hydrogen-bond acceptors (Lipinski definition) is 2. The van der Waals surface area contributed by atoms with Gasteiger partial charge in [0.05, 0.1) is 12.0 Å². The van der Waals surface area contributed by atoms with Crippen molar-refractivity contribution in [3.8, 4) is 0 Å². The van der Waals surface area contributed by atoms with Crippen LogP contribution in [-0.2, 0) is 9.53 Å². The van der Waals surface area contributed by atoms with Crippen molar-refractivity contribution in [3.63, 3.8) is 0 Å². The van der Waals surface area contributed by atoms with Gasteiger partial charge < -0.3 is 4.74 Å². The first-order valence-electron chi connectivity index (χ1n) is 7.08. The van der Waals surface area contributed by atoms with Gasteiger partial charge in [0.15, 0.2) is 0 Å². The van der Waals surface area contributed by atoms with Crippen molar-refractivity contribution < 1.29 is 9.53 Å². The van der Waals surface area contributed by atoms with E-state index in [0.717, 1.165) is 12.0 Å². The van der Waals surface area contributed by atoms with E-state index in [0.29, 0.717) is 6.61 Å². The molecule has 0 heterocycles. The predicted molar refractivity (Wildman–Crippen MR) is 79.8 cm³/mol. The van der Waals surface area contributed by atoms with Gasteiger partial charge in [-0.3, -0.25) is 4.79 Å². The Kier molecular flexibility index (Phi) is 5.16. The zero-order chi connectivity index (χ0) is 14.6. The van der Waals surface area contributed by atoms with E-state index in [2.05, 4.69) is 39.0 Å². The molecule has 0 aromatic rings. The highest BCUT2D eigenvalue weighted by Gasteiger charge is 2.43. The second-order valence-corrected chi connectivity index (χ2v) is 5.57.